The molecule has 1 aromatic rings. The topological polar surface area (TPSA) is 60.3 Å². The fraction of sp³-hybridized carbons (Fsp3) is 0.571. The summed E-state index contributed by atoms with van der Waals surface area (Å²) in [6.07, 6.45) is 1.73. The summed E-state index contributed by atoms with van der Waals surface area (Å²) in [5.74, 6) is -0.526. The van der Waals surface area contributed by atoms with Crippen molar-refractivity contribution in [3.63, 3.8) is 0 Å². The normalized spacial score (nSPS) is 11.2. The lowest BCUT2D eigenvalue weighted by molar-refractivity contribution is -0.123. The van der Waals surface area contributed by atoms with Crippen LogP contribution >= 0.6 is 0 Å². The second-order valence-corrected chi connectivity index (χ2v) is 5.49. The summed E-state index contributed by atoms with van der Waals surface area (Å²) in [5.41, 5.74) is 0.955. The molecule has 0 aliphatic carbocycles. The number of aromatic nitrogens is 1. The number of amides is 1. The SMILES string of the molecule is CCOC(=O)c1c(C)ccn1CC(=O)NC(C)(C)C. The molecule has 0 spiro atoms. The Hall–Kier alpha value is -1.78. The van der Waals surface area contributed by atoms with Crippen LogP contribution in [0.4, 0.5) is 0 Å². The molecular formula is C14H22N2O3. The molecule has 1 aromatic heterocycles. The van der Waals surface area contributed by atoms with Crippen LogP contribution in [0.1, 0.15) is 43.7 Å². The van der Waals surface area contributed by atoms with Gasteiger partial charge in [-0.1, -0.05) is 0 Å². The summed E-state index contributed by atoms with van der Waals surface area (Å²) in [5, 5.41) is 2.86. The zero-order valence-corrected chi connectivity index (χ0v) is 12.2. The number of aryl methyl sites for hydroxylation is 1. The van der Waals surface area contributed by atoms with Crippen LogP contribution < -0.4 is 5.32 Å². The molecule has 1 amide bonds. The van der Waals surface area contributed by atoms with E-state index >= 15 is 0 Å². The molecule has 0 atom stereocenters. The predicted molar refractivity (Wildman–Crippen MR) is 73.0 cm³/mol. The second-order valence-electron chi connectivity index (χ2n) is 5.49. The van der Waals surface area contributed by atoms with Crippen molar-refractivity contribution in [3.8, 4) is 0 Å². The van der Waals surface area contributed by atoms with E-state index < -0.39 is 5.97 Å². The Kier molecular flexibility index (Phi) is 4.75. The Morgan fingerprint density at radius 1 is 1.37 bits per heavy atom. The number of nitrogens with zero attached hydrogens (tertiary/aromatic N) is 1. The zero-order valence-electron chi connectivity index (χ0n) is 12.2. The van der Waals surface area contributed by atoms with Crippen LogP contribution in [0.3, 0.4) is 0 Å². The van der Waals surface area contributed by atoms with E-state index in [4.69, 9.17) is 4.74 Å². The van der Waals surface area contributed by atoms with Gasteiger partial charge in [0.25, 0.3) is 0 Å². The average molecular weight is 266 g/mol. The number of ether oxygens (including phenoxy) is 1. The second kappa shape index (κ2) is 5.91. The predicted octanol–water partition coefficient (Wildman–Crippen LogP) is 1.89. The highest BCUT2D eigenvalue weighted by molar-refractivity contribution is 5.90. The fourth-order valence-electron chi connectivity index (χ4n) is 1.80. The van der Waals surface area contributed by atoms with E-state index in [1.807, 2.05) is 27.7 Å². The molecule has 0 aliphatic rings. The maximum Gasteiger partial charge on any atom is 0.355 e. The van der Waals surface area contributed by atoms with Gasteiger partial charge in [0.15, 0.2) is 0 Å². The smallest absolute Gasteiger partial charge is 0.355 e. The molecule has 0 aromatic carbocycles. The number of rotatable bonds is 4. The van der Waals surface area contributed by atoms with Gasteiger partial charge >= 0.3 is 5.97 Å². The minimum absolute atomic E-state index is 0.110. The van der Waals surface area contributed by atoms with Crippen molar-refractivity contribution >= 4 is 11.9 Å². The molecule has 0 fully saturated rings. The summed E-state index contributed by atoms with van der Waals surface area (Å²) in [7, 11) is 0. The van der Waals surface area contributed by atoms with E-state index in [1.54, 1.807) is 23.8 Å². The minimum Gasteiger partial charge on any atom is -0.461 e. The molecule has 0 saturated heterocycles. The molecule has 19 heavy (non-hydrogen) atoms. The summed E-state index contributed by atoms with van der Waals surface area (Å²) < 4.78 is 6.62. The average Bonchev–Trinajstić information content (AvgIpc) is 2.57. The van der Waals surface area contributed by atoms with Crippen molar-refractivity contribution in [2.75, 3.05) is 6.61 Å². The standard InChI is InChI=1S/C14H22N2O3/c1-6-19-13(18)12-10(2)7-8-16(12)9-11(17)15-14(3,4)5/h7-8H,6,9H2,1-5H3,(H,15,17). The summed E-state index contributed by atoms with van der Waals surface area (Å²) >= 11 is 0. The van der Waals surface area contributed by atoms with Crippen molar-refractivity contribution in [2.24, 2.45) is 0 Å². The van der Waals surface area contributed by atoms with Gasteiger partial charge in [0.1, 0.15) is 12.2 Å². The third kappa shape index (κ3) is 4.43. The minimum atomic E-state index is -0.395. The van der Waals surface area contributed by atoms with Gasteiger partial charge in [0.2, 0.25) is 5.91 Å². The van der Waals surface area contributed by atoms with Gasteiger partial charge in [-0.2, -0.15) is 0 Å². The van der Waals surface area contributed by atoms with E-state index in [1.165, 1.54) is 0 Å². The van der Waals surface area contributed by atoms with Gasteiger partial charge in [-0.15, -0.1) is 0 Å². The van der Waals surface area contributed by atoms with Gasteiger partial charge in [0, 0.05) is 11.7 Å². The van der Waals surface area contributed by atoms with Crippen LogP contribution in [0.2, 0.25) is 0 Å². The number of hydrogen-bond donors (Lipinski definition) is 1. The quantitative estimate of drug-likeness (QED) is 0.847. The lowest BCUT2D eigenvalue weighted by Gasteiger charge is -2.21. The van der Waals surface area contributed by atoms with Crippen LogP contribution in [0.15, 0.2) is 12.3 Å². The van der Waals surface area contributed by atoms with Gasteiger partial charge in [0.05, 0.1) is 6.61 Å². The van der Waals surface area contributed by atoms with Crippen LogP contribution in [0, 0.1) is 6.92 Å². The molecule has 5 heteroatoms. The Morgan fingerprint density at radius 3 is 2.53 bits per heavy atom. The first-order chi connectivity index (χ1) is 8.74. The van der Waals surface area contributed by atoms with Crippen molar-refractivity contribution in [1.29, 1.82) is 0 Å². The first kappa shape index (κ1) is 15.3. The lowest BCUT2D eigenvalue weighted by Crippen LogP contribution is -2.42. The number of nitrogens with one attached hydrogen (secondary N) is 1. The van der Waals surface area contributed by atoms with Gasteiger partial charge in [-0.3, -0.25) is 4.79 Å². The van der Waals surface area contributed by atoms with Gasteiger partial charge < -0.3 is 14.6 Å². The molecule has 1 heterocycles. The van der Waals surface area contributed by atoms with Crippen LogP contribution in [0.25, 0.3) is 0 Å². The van der Waals surface area contributed by atoms with E-state index in [0.29, 0.717) is 12.3 Å². The van der Waals surface area contributed by atoms with E-state index in [-0.39, 0.29) is 18.0 Å². The van der Waals surface area contributed by atoms with E-state index in [9.17, 15) is 9.59 Å². The molecule has 0 radical (unpaired) electrons. The maximum atomic E-state index is 11.9. The molecule has 106 valence electrons. The Morgan fingerprint density at radius 2 is 2.00 bits per heavy atom. The summed E-state index contributed by atoms with van der Waals surface area (Å²) in [4.78, 5) is 23.7. The molecule has 1 rings (SSSR count). The zero-order chi connectivity index (χ0) is 14.6. The molecule has 0 unspecified atom stereocenters. The van der Waals surface area contributed by atoms with Crippen molar-refractivity contribution in [2.45, 2.75) is 46.7 Å². The number of esters is 1. The Bertz CT molecular complexity index is 470. The van der Waals surface area contributed by atoms with Crippen LogP contribution in [-0.4, -0.2) is 28.6 Å². The molecule has 0 saturated carbocycles. The Balaban J connectivity index is 2.85. The van der Waals surface area contributed by atoms with E-state index in [2.05, 4.69) is 5.32 Å². The molecular weight excluding hydrogens is 244 g/mol. The van der Waals surface area contributed by atoms with Gasteiger partial charge in [-0.25, -0.2) is 4.79 Å². The summed E-state index contributed by atoms with van der Waals surface area (Å²) in [6.45, 7) is 9.75. The lowest BCUT2D eigenvalue weighted by atomic mass is 10.1. The summed E-state index contributed by atoms with van der Waals surface area (Å²) in [6, 6.07) is 1.80. The van der Waals surface area contributed by atoms with Crippen molar-refractivity contribution < 1.29 is 14.3 Å². The number of hydrogen-bond acceptors (Lipinski definition) is 3. The highest BCUT2D eigenvalue weighted by Crippen LogP contribution is 2.12. The fourth-order valence-corrected chi connectivity index (χ4v) is 1.80. The van der Waals surface area contributed by atoms with Gasteiger partial charge in [-0.05, 0) is 46.2 Å². The van der Waals surface area contributed by atoms with Crippen LogP contribution in [0.5, 0.6) is 0 Å². The molecule has 0 bridgehead atoms. The van der Waals surface area contributed by atoms with Crippen molar-refractivity contribution in [3.05, 3.63) is 23.5 Å². The Labute approximate surface area is 113 Å². The van der Waals surface area contributed by atoms with Crippen LogP contribution in [-0.2, 0) is 16.1 Å². The largest absolute Gasteiger partial charge is 0.461 e. The molecule has 5 nitrogen and oxygen atoms in total. The maximum absolute atomic E-state index is 11.9. The third-order valence-electron chi connectivity index (χ3n) is 2.46. The first-order valence-electron chi connectivity index (χ1n) is 6.38. The number of carbonyl (C=O) groups is 2. The highest BCUT2D eigenvalue weighted by Gasteiger charge is 2.19. The highest BCUT2D eigenvalue weighted by atomic mass is 16.5. The number of carbonyl (C=O) groups excluding carboxylic acids is 2. The molecule has 0 aliphatic heterocycles. The monoisotopic (exact) mass is 266 g/mol. The van der Waals surface area contributed by atoms with E-state index in [0.717, 1.165) is 5.56 Å². The third-order valence-corrected chi connectivity index (χ3v) is 2.46. The van der Waals surface area contributed by atoms with Crippen molar-refractivity contribution in [1.82, 2.24) is 9.88 Å². The molecule has 1 N–H and O–H groups in total. The first-order valence-corrected chi connectivity index (χ1v) is 6.38.